The molecule has 3 rings (SSSR count). The molecule has 1 N–H and O–H groups in total. The van der Waals surface area contributed by atoms with Crippen LogP contribution < -0.4 is 5.32 Å². The highest BCUT2D eigenvalue weighted by Crippen LogP contribution is 2.22. The molecule has 124 valence electrons. The van der Waals surface area contributed by atoms with Crippen molar-refractivity contribution < 1.29 is 9.28 Å². The smallest absolute Gasteiger partial charge is 0.300 e. The lowest BCUT2D eigenvalue weighted by atomic mass is 9.98. The van der Waals surface area contributed by atoms with Crippen LogP contribution in [-0.4, -0.2) is 61.7 Å². The average molecular weight is 314 g/mol. The van der Waals surface area contributed by atoms with E-state index in [1.807, 2.05) is 7.05 Å². The van der Waals surface area contributed by atoms with Gasteiger partial charge in [0.15, 0.2) is 0 Å². The zero-order valence-corrected chi connectivity index (χ0v) is 14.3. The molecule has 4 heteroatoms. The molecule has 1 saturated heterocycles. The Hall–Kier alpha value is -1.65. The van der Waals surface area contributed by atoms with Gasteiger partial charge in [-0.2, -0.15) is 0 Å². The molecule has 2 aliphatic rings. The van der Waals surface area contributed by atoms with Crippen LogP contribution in [0.1, 0.15) is 24.0 Å². The monoisotopic (exact) mass is 314 g/mol. The Kier molecular flexibility index (Phi) is 4.83. The highest BCUT2D eigenvalue weighted by Gasteiger charge is 2.36. The number of hydrogen-bond donors (Lipinski definition) is 1. The molecular weight excluding hydrogens is 286 g/mol. The molecule has 0 aliphatic carbocycles. The van der Waals surface area contributed by atoms with E-state index in [4.69, 9.17) is 0 Å². The van der Waals surface area contributed by atoms with E-state index in [0.717, 1.165) is 52.1 Å². The Morgan fingerprint density at radius 3 is 2.65 bits per heavy atom. The maximum absolute atomic E-state index is 11.8. The number of carbonyl (C=O) groups excluding carboxylic acids is 1. The highest BCUT2D eigenvalue weighted by atomic mass is 16.2. The third-order valence-corrected chi connectivity index (χ3v) is 5.21. The lowest BCUT2D eigenvalue weighted by Gasteiger charge is -2.29. The van der Waals surface area contributed by atoms with Crippen LogP contribution in [0.2, 0.25) is 0 Å². The van der Waals surface area contributed by atoms with E-state index >= 15 is 0 Å². The van der Waals surface area contributed by atoms with Crippen molar-refractivity contribution in [1.82, 2.24) is 10.2 Å². The highest BCUT2D eigenvalue weighted by molar-refractivity contribution is 5.68. The van der Waals surface area contributed by atoms with Crippen LogP contribution in [0.4, 0.5) is 4.79 Å². The number of hydrogen-bond acceptors (Lipinski definition) is 2. The van der Waals surface area contributed by atoms with Crippen LogP contribution in [0.5, 0.6) is 0 Å². The van der Waals surface area contributed by atoms with Crippen molar-refractivity contribution in [3.05, 3.63) is 41.5 Å². The quantitative estimate of drug-likeness (QED) is 0.848. The summed E-state index contributed by atoms with van der Waals surface area (Å²) in [4.78, 5) is 14.3. The summed E-state index contributed by atoms with van der Waals surface area (Å²) >= 11 is 0. The summed E-state index contributed by atoms with van der Waals surface area (Å²) in [6, 6.07) is 9.02. The maximum Gasteiger partial charge on any atom is 0.416 e. The molecule has 4 nitrogen and oxygen atoms in total. The van der Waals surface area contributed by atoms with E-state index in [1.54, 1.807) is 0 Å². The zero-order chi connectivity index (χ0) is 16.3. The molecule has 2 aliphatic heterocycles. The summed E-state index contributed by atoms with van der Waals surface area (Å²) < 4.78 is 0.554. The van der Waals surface area contributed by atoms with Gasteiger partial charge in [-0.25, -0.2) is 9.28 Å². The van der Waals surface area contributed by atoms with E-state index in [2.05, 4.69) is 47.5 Å². The van der Waals surface area contributed by atoms with Gasteiger partial charge in [-0.05, 0) is 24.5 Å². The molecule has 0 spiro atoms. The van der Waals surface area contributed by atoms with Gasteiger partial charge in [0.25, 0.3) is 0 Å². The summed E-state index contributed by atoms with van der Waals surface area (Å²) in [7, 11) is 2.05. The van der Waals surface area contributed by atoms with Crippen LogP contribution in [0, 0.1) is 6.92 Å². The molecule has 1 atom stereocenters. The van der Waals surface area contributed by atoms with Gasteiger partial charge in [-0.3, -0.25) is 10.2 Å². The molecule has 0 bridgehead atoms. The largest absolute Gasteiger partial charge is 0.416 e. The fourth-order valence-corrected chi connectivity index (χ4v) is 3.50. The van der Waals surface area contributed by atoms with Crippen molar-refractivity contribution in [1.29, 1.82) is 0 Å². The standard InChI is InChI=1S/C19H27N3O/c1-16-4-6-17(7-5-16)18-8-12-21(13-9-18)11-3-14-22(2)15-10-20-19(22)23/h4-8H,3,9-15H2,1-2H3/p+1. The van der Waals surface area contributed by atoms with Crippen molar-refractivity contribution in [3.63, 3.8) is 0 Å². The van der Waals surface area contributed by atoms with E-state index in [0.29, 0.717) is 4.48 Å². The molecular formula is C19H28N3O+. The minimum atomic E-state index is 0.185. The fraction of sp³-hybridized carbons (Fsp3) is 0.526. The molecule has 1 aromatic carbocycles. The maximum atomic E-state index is 11.8. The number of rotatable bonds is 5. The van der Waals surface area contributed by atoms with Gasteiger partial charge in [0.05, 0.1) is 20.1 Å². The predicted molar refractivity (Wildman–Crippen MR) is 94.1 cm³/mol. The molecule has 0 radical (unpaired) electrons. The Morgan fingerprint density at radius 2 is 2.04 bits per heavy atom. The van der Waals surface area contributed by atoms with Crippen LogP contribution >= 0.6 is 0 Å². The Labute approximate surface area is 139 Å². The number of carbonyl (C=O) groups is 1. The summed E-state index contributed by atoms with van der Waals surface area (Å²) in [6.45, 7) is 8.05. The Bertz CT molecular complexity index is 593. The third kappa shape index (κ3) is 3.82. The Morgan fingerprint density at radius 1 is 1.26 bits per heavy atom. The molecule has 1 aromatic rings. The van der Waals surface area contributed by atoms with E-state index < -0.39 is 0 Å². The van der Waals surface area contributed by atoms with E-state index in [-0.39, 0.29) is 6.03 Å². The number of urea groups is 1. The molecule has 0 saturated carbocycles. The molecule has 1 fully saturated rings. The van der Waals surface area contributed by atoms with Crippen LogP contribution in [0.15, 0.2) is 30.3 Å². The lowest BCUT2D eigenvalue weighted by Crippen LogP contribution is -2.48. The zero-order valence-electron chi connectivity index (χ0n) is 14.3. The number of benzene rings is 1. The van der Waals surface area contributed by atoms with Crippen molar-refractivity contribution in [2.75, 3.05) is 46.3 Å². The molecule has 2 heterocycles. The van der Waals surface area contributed by atoms with Crippen molar-refractivity contribution >= 4 is 11.6 Å². The number of nitrogens with one attached hydrogen (secondary N) is 1. The van der Waals surface area contributed by atoms with Gasteiger partial charge in [-0.15, -0.1) is 0 Å². The number of amides is 2. The summed E-state index contributed by atoms with van der Waals surface area (Å²) in [5.74, 6) is 0. The number of quaternary nitrogens is 1. The minimum Gasteiger partial charge on any atom is -0.300 e. The number of likely N-dealkylation sites (N-methyl/N-ethyl adjacent to an activating group) is 1. The van der Waals surface area contributed by atoms with Gasteiger partial charge < -0.3 is 0 Å². The summed E-state index contributed by atoms with van der Waals surface area (Å²) in [5.41, 5.74) is 4.15. The topological polar surface area (TPSA) is 32.3 Å². The first kappa shape index (κ1) is 16.2. The summed E-state index contributed by atoms with van der Waals surface area (Å²) in [5, 5.41) is 2.94. The van der Waals surface area contributed by atoms with Crippen LogP contribution in [0.25, 0.3) is 5.57 Å². The average Bonchev–Trinajstić information content (AvgIpc) is 2.88. The Balaban J connectivity index is 1.47. The second-order valence-electron chi connectivity index (χ2n) is 7.07. The van der Waals surface area contributed by atoms with Gasteiger partial charge in [-0.1, -0.05) is 35.9 Å². The van der Waals surface area contributed by atoms with Gasteiger partial charge in [0.2, 0.25) is 0 Å². The normalized spacial score (nSPS) is 25.3. The number of aryl methyl sites for hydroxylation is 1. The first-order valence-electron chi connectivity index (χ1n) is 8.68. The van der Waals surface area contributed by atoms with E-state index in [1.165, 1.54) is 16.7 Å². The van der Waals surface area contributed by atoms with Crippen LogP contribution in [-0.2, 0) is 0 Å². The number of nitrogens with zero attached hydrogens (tertiary/aromatic N) is 2. The SMILES string of the molecule is Cc1ccc(C2=CCN(CCC[N+]3(C)CCNC3=O)CC2)cc1. The molecule has 1 unspecified atom stereocenters. The van der Waals surface area contributed by atoms with E-state index in [9.17, 15) is 4.79 Å². The second kappa shape index (κ2) is 6.85. The molecule has 0 aromatic heterocycles. The van der Waals surface area contributed by atoms with Crippen molar-refractivity contribution in [2.24, 2.45) is 0 Å². The predicted octanol–water partition coefficient (Wildman–Crippen LogP) is 2.64. The molecule has 23 heavy (non-hydrogen) atoms. The van der Waals surface area contributed by atoms with Gasteiger partial charge >= 0.3 is 6.03 Å². The van der Waals surface area contributed by atoms with Gasteiger partial charge in [0, 0.05) is 26.1 Å². The first-order chi connectivity index (χ1) is 11.1. The fourth-order valence-electron chi connectivity index (χ4n) is 3.50. The van der Waals surface area contributed by atoms with Crippen LogP contribution in [0.3, 0.4) is 0 Å². The summed E-state index contributed by atoms with van der Waals surface area (Å²) in [6.07, 6.45) is 4.57. The first-order valence-corrected chi connectivity index (χ1v) is 8.68. The van der Waals surface area contributed by atoms with Crippen molar-refractivity contribution in [3.8, 4) is 0 Å². The van der Waals surface area contributed by atoms with Gasteiger partial charge in [0.1, 0.15) is 6.54 Å². The second-order valence-corrected chi connectivity index (χ2v) is 7.07. The lowest BCUT2D eigenvalue weighted by molar-refractivity contribution is -0.820. The minimum absolute atomic E-state index is 0.185. The third-order valence-electron chi connectivity index (χ3n) is 5.21. The van der Waals surface area contributed by atoms with Crippen molar-refractivity contribution in [2.45, 2.75) is 19.8 Å². The molecule has 2 amide bonds.